The molecule has 1 atom stereocenters. The summed E-state index contributed by atoms with van der Waals surface area (Å²) in [4.78, 5) is 44.5. The van der Waals surface area contributed by atoms with Crippen molar-refractivity contribution in [3.8, 4) is 0 Å². The second-order valence-corrected chi connectivity index (χ2v) is 10.4. The summed E-state index contributed by atoms with van der Waals surface area (Å²) in [5.41, 5.74) is 1.16. The van der Waals surface area contributed by atoms with E-state index in [-0.39, 0.29) is 47.0 Å². The van der Waals surface area contributed by atoms with Gasteiger partial charge in [0, 0.05) is 35.3 Å². The van der Waals surface area contributed by atoms with Crippen molar-refractivity contribution in [2.24, 2.45) is 5.92 Å². The Bertz CT molecular complexity index is 1040. The quantitative estimate of drug-likeness (QED) is 0.213. The molecule has 0 saturated heterocycles. The maximum Gasteiger partial charge on any atom is 2.00 e. The van der Waals surface area contributed by atoms with E-state index in [9.17, 15) is 19.5 Å². The molecule has 1 aromatic heterocycles. The van der Waals surface area contributed by atoms with Crippen molar-refractivity contribution in [2.45, 2.75) is 89.8 Å². The van der Waals surface area contributed by atoms with Gasteiger partial charge in [-0.05, 0) is 43.5 Å². The Labute approximate surface area is 235 Å². The summed E-state index contributed by atoms with van der Waals surface area (Å²) in [5.74, 6) is -0.722. The van der Waals surface area contributed by atoms with Crippen molar-refractivity contribution in [3.05, 3.63) is 52.2 Å². The molecule has 0 saturated carbocycles. The molecule has 1 heterocycles. The third-order valence-corrected chi connectivity index (χ3v) is 7.40. The minimum absolute atomic E-state index is 0. The van der Waals surface area contributed by atoms with Gasteiger partial charge in [0.2, 0.25) is 5.91 Å². The number of carboxylic acids is 1. The predicted molar refractivity (Wildman–Crippen MR) is 145 cm³/mol. The SMILES string of the molecule is CCCCCCCN(C(=O)Cn1c(CC)nc(C)cc1=O)c1ccc(SC(C(=O)[O-])C(C)C)cc1.[Mg+2]. The van der Waals surface area contributed by atoms with Crippen molar-refractivity contribution < 1.29 is 14.7 Å². The number of carbonyl (C=O) groups is 2. The van der Waals surface area contributed by atoms with Gasteiger partial charge in [-0.15, -0.1) is 11.8 Å². The number of benzene rings is 1. The maximum atomic E-state index is 13.4. The number of hydrogen-bond acceptors (Lipinski definition) is 6. The van der Waals surface area contributed by atoms with Crippen LogP contribution in [0.1, 0.15) is 71.3 Å². The van der Waals surface area contributed by atoms with Gasteiger partial charge >= 0.3 is 23.1 Å². The molecule has 36 heavy (non-hydrogen) atoms. The smallest absolute Gasteiger partial charge is 0.549 e. The number of aromatic nitrogens is 2. The van der Waals surface area contributed by atoms with E-state index in [1.807, 2.05) is 45.0 Å². The zero-order valence-corrected chi connectivity index (χ0v) is 24.5. The first-order valence-electron chi connectivity index (χ1n) is 12.5. The molecule has 0 radical (unpaired) electrons. The Morgan fingerprint density at radius 2 is 1.72 bits per heavy atom. The fraction of sp³-hybridized carbons (Fsp3) is 0.556. The van der Waals surface area contributed by atoms with E-state index in [4.69, 9.17) is 0 Å². The van der Waals surface area contributed by atoms with E-state index in [1.54, 1.807) is 11.8 Å². The number of amides is 1. The summed E-state index contributed by atoms with van der Waals surface area (Å²) >= 11 is 1.25. The van der Waals surface area contributed by atoms with Crippen LogP contribution in [0, 0.1) is 12.8 Å². The summed E-state index contributed by atoms with van der Waals surface area (Å²) in [5, 5.41) is 10.8. The zero-order valence-electron chi connectivity index (χ0n) is 22.3. The van der Waals surface area contributed by atoms with Crippen molar-refractivity contribution in [1.82, 2.24) is 9.55 Å². The van der Waals surface area contributed by atoms with E-state index >= 15 is 0 Å². The van der Waals surface area contributed by atoms with E-state index in [2.05, 4.69) is 11.9 Å². The average Bonchev–Trinajstić information content (AvgIpc) is 2.81. The largest absolute Gasteiger partial charge is 2.00 e. The van der Waals surface area contributed by atoms with Gasteiger partial charge in [-0.25, -0.2) is 4.98 Å². The molecule has 192 valence electrons. The van der Waals surface area contributed by atoms with Crippen LogP contribution in [0.5, 0.6) is 0 Å². The fourth-order valence-electron chi connectivity index (χ4n) is 3.92. The molecular weight excluding hydrogens is 487 g/mol. The van der Waals surface area contributed by atoms with Crippen molar-refractivity contribution >= 4 is 52.4 Å². The number of anilines is 1. The van der Waals surface area contributed by atoms with E-state index in [1.165, 1.54) is 28.8 Å². The van der Waals surface area contributed by atoms with Crippen LogP contribution in [0.15, 0.2) is 40.0 Å². The van der Waals surface area contributed by atoms with Crippen LogP contribution in [0.2, 0.25) is 0 Å². The van der Waals surface area contributed by atoms with E-state index in [0.29, 0.717) is 24.5 Å². The Hall–Kier alpha value is -1.84. The molecule has 0 aliphatic rings. The van der Waals surface area contributed by atoms with Gasteiger partial charge < -0.3 is 14.8 Å². The molecule has 1 aromatic carbocycles. The molecule has 0 N–H and O–H groups in total. The molecule has 0 spiro atoms. The molecule has 0 aliphatic heterocycles. The van der Waals surface area contributed by atoms with Crippen LogP contribution in [-0.2, 0) is 22.6 Å². The number of hydrogen-bond donors (Lipinski definition) is 0. The number of rotatable bonds is 14. The molecular formula is C27H38MgN3O4S+. The van der Waals surface area contributed by atoms with Gasteiger partial charge in [0.25, 0.3) is 5.56 Å². The van der Waals surface area contributed by atoms with Crippen LogP contribution >= 0.6 is 11.8 Å². The number of thioether (sulfide) groups is 1. The fourth-order valence-corrected chi connectivity index (χ4v) is 4.87. The van der Waals surface area contributed by atoms with E-state index < -0.39 is 11.2 Å². The van der Waals surface area contributed by atoms with Crippen LogP contribution < -0.4 is 15.6 Å². The van der Waals surface area contributed by atoms with Gasteiger partial charge in [-0.3, -0.25) is 14.2 Å². The first kappa shape index (κ1) is 32.2. The maximum absolute atomic E-state index is 13.4. The molecule has 7 nitrogen and oxygen atoms in total. The van der Waals surface area contributed by atoms with Gasteiger partial charge in [-0.2, -0.15) is 0 Å². The van der Waals surface area contributed by atoms with Crippen LogP contribution in [-0.4, -0.2) is 56.3 Å². The Kier molecular flexibility index (Phi) is 14.4. The monoisotopic (exact) mass is 524 g/mol. The Morgan fingerprint density at radius 1 is 1.08 bits per heavy atom. The number of carbonyl (C=O) groups excluding carboxylic acids is 2. The molecule has 0 bridgehead atoms. The molecule has 1 amide bonds. The second-order valence-electron chi connectivity index (χ2n) is 9.15. The molecule has 2 aromatic rings. The zero-order chi connectivity index (χ0) is 26.0. The van der Waals surface area contributed by atoms with Crippen molar-refractivity contribution in [3.63, 3.8) is 0 Å². The third-order valence-electron chi connectivity index (χ3n) is 5.86. The van der Waals surface area contributed by atoms with E-state index in [0.717, 1.165) is 36.3 Å². The third kappa shape index (κ3) is 9.55. The van der Waals surface area contributed by atoms with Gasteiger partial charge in [0.15, 0.2) is 0 Å². The summed E-state index contributed by atoms with van der Waals surface area (Å²) < 4.78 is 1.46. The topological polar surface area (TPSA) is 95.3 Å². The average molecular weight is 525 g/mol. The van der Waals surface area contributed by atoms with Gasteiger partial charge in [-0.1, -0.05) is 53.4 Å². The number of aliphatic carboxylic acids is 1. The molecule has 9 heteroatoms. The Morgan fingerprint density at radius 3 is 2.28 bits per heavy atom. The number of nitrogens with zero attached hydrogens (tertiary/aromatic N) is 3. The Balaban J connectivity index is 0.00000648. The first-order valence-corrected chi connectivity index (χ1v) is 13.4. The summed E-state index contributed by atoms with van der Waals surface area (Å²) in [6, 6.07) is 8.82. The minimum atomic E-state index is -1.08. The standard InChI is InChI=1S/C27H39N3O4S.Mg/c1-6-8-9-10-11-16-29(25(32)18-30-23(7-2)28-20(5)17-24(30)31)21-12-14-22(15-13-21)35-26(19(3)4)27(33)34;/h12-15,17,19,26H,6-11,16,18H2,1-5H3,(H,33,34);/q;+2/p-1. The molecule has 2 rings (SSSR count). The number of unbranched alkanes of at least 4 members (excludes halogenated alkanes) is 4. The minimum Gasteiger partial charge on any atom is -0.549 e. The molecule has 0 aliphatic carbocycles. The normalized spacial score (nSPS) is 11.7. The summed E-state index contributed by atoms with van der Waals surface area (Å²) in [6.07, 6.45) is 5.88. The van der Waals surface area contributed by atoms with Gasteiger partial charge in [0.05, 0.1) is 11.2 Å². The second kappa shape index (κ2) is 16.1. The summed E-state index contributed by atoms with van der Waals surface area (Å²) in [7, 11) is 0. The van der Waals surface area contributed by atoms with Crippen molar-refractivity contribution in [1.29, 1.82) is 0 Å². The molecule has 1 unspecified atom stereocenters. The summed E-state index contributed by atoms with van der Waals surface area (Å²) in [6.45, 7) is 10.1. The van der Waals surface area contributed by atoms with Crippen molar-refractivity contribution in [2.75, 3.05) is 11.4 Å². The van der Waals surface area contributed by atoms with Crippen LogP contribution in [0.25, 0.3) is 0 Å². The van der Waals surface area contributed by atoms with Crippen LogP contribution in [0.4, 0.5) is 5.69 Å². The van der Waals surface area contributed by atoms with Gasteiger partial charge in [0.1, 0.15) is 12.4 Å². The predicted octanol–water partition coefficient (Wildman–Crippen LogP) is 3.60. The first-order chi connectivity index (χ1) is 16.7. The van der Waals surface area contributed by atoms with Crippen LogP contribution in [0.3, 0.4) is 0 Å². The molecule has 0 fully saturated rings. The number of carboxylic acid groups (broad SMARTS) is 1. The number of aryl methyl sites for hydroxylation is 2.